The Morgan fingerprint density at radius 1 is 1.57 bits per heavy atom. The van der Waals surface area contributed by atoms with Crippen molar-refractivity contribution in [2.75, 3.05) is 13.2 Å². The molecular formula is C5H8NO. The summed E-state index contributed by atoms with van der Waals surface area (Å²) in [6.45, 7) is 3.55. The van der Waals surface area contributed by atoms with Crippen LogP contribution in [0.15, 0.2) is 12.3 Å². The van der Waals surface area contributed by atoms with Gasteiger partial charge in [0.1, 0.15) is 0 Å². The van der Waals surface area contributed by atoms with Gasteiger partial charge in [-0.3, -0.25) is 0 Å². The van der Waals surface area contributed by atoms with Crippen LogP contribution in [0.3, 0.4) is 0 Å². The zero-order valence-electron chi connectivity index (χ0n) is 4.05. The highest BCUT2D eigenvalue weighted by Gasteiger charge is 1.86. The lowest BCUT2D eigenvalue weighted by Gasteiger charge is -1.93. The minimum atomic E-state index is 0.771. The Labute approximate surface area is 43.2 Å². The van der Waals surface area contributed by atoms with E-state index in [1.807, 2.05) is 12.6 Å². The summed E-state index contributed by atoms with van der Waals surface area (Å²) in [5, 5.41) is 3.01. The second kappa shape index (κ2) is 2.64. The summed E-state index contributed by atoms with van der Waals surface area (Å²) in [4.78, 5) is 0. The summed E-state index contributed by atoms with van der Waals surface area (Å²) in [5.74, 6) is 0. The van der Waals surface area contributed by atoms with E-state index in [0.717, 1.165) is 13.2 Å². The zero-order chi connectivity index (χ0) is 4.95. The molecule has 0 aromatic carbocycles. The highest BCUT2D eigenvalue weighted by molar-refractivity contribution is 4.89. The van der Waals surface area contributed by atoms with Gasteiger partial charge in [0, 0.05) is 13.1 Å². The summed E-state index contributed by atoms with van der Waals surface area (Å²) < 4.78 is 4.92. The fraction of sp³-hybridized carbons (Fsp3) is 0.400. The van der Waals surface area contributed by atoms with E-state index in [1.54, 1.807) is 6.26 Å². The highest BCUT2D eigenvalue weighted by Crippen LogP contribution is 1.83. The van der Waals surface area contributed by atoms with Gasteiger partial charge in [-0.25, -0.2) is 0 Å². The third-order valence-electron chi connectivity index (χ3n) is 0.753. The van der Waals surface area contributed by atoms with Crippen LogP contribution in [0.25, 0.3) is 0 Å². The van der Waals surface area contributed by atoms with Gasteiger partial charge in [-0.2, -0.15) is 0 Å². The number of nitrogens with one attached hydrogen (secondary N) is 1. The first-order valence-electron chi connectivity index (χ1n) is 2.33. The lowest BCUT2D eigenvalue weighted by Crippen LogP contribution is -2.11. The van der Waals surface area contributed by atoms with Crippen molar-refractivity contribution in [3.8, 4) is 0 Å². The minimum absolute atomic E-state index is 0.771. The van der Waals surface area contributed by atoms with Crippen molar-refractivity contribution in [3.63, 3.8) is 0 Å². The van der Waals surface area contributed by atoms with E-state index in [2.05, 4.69) is 5.32 Å². The molecule has 0 aliphatic carbocycles. The third-order valence-corrected chi connectivity index (χ3v) is 0.753. The number of hydrogen-bond acceptors (Lipinski definition) is 2. The van der Waals surface area contributed by atoms with Gasteiger partial charge in [-0.05, 0) is 6.08 Å². The summed E-state index contributed by atoms with van der Waals surface area (Å²) in [6, 6.07) is 0. The third kappa shape index (κ3) is 1.59. The number of ether oxygens (including phenoxy) is 1. The molecule has 1 aliphatic rings. The average molecular weight is 98.1 g/mol. The highest BCUT2D eigenvalue weighted by atomic mass is 16.5. The SMILES string of the molecule is [CH]1C=COCCN1. The van der Waals surface area contributed by atoms with Gasteiger partial charge in [-0.15, -0.1) is 0 Å². The molecule has 1 N–H and O–H groups in total. The van der Waals surface area contributed by atoms with Crippen LogP contribution in [0.4, 0.5) is 0 Å². The van der Waals surface area contributed by atoms with Gasteiger partial charge >= 0.3 is 0 Å². The van der Waals surface area contributed by atoms with Crippen LogP contribution in [-0.4, -0.2) is 13.2 Å². The Kier molecular flexibility index (Phi) is 1.75. The molecule has 0 unspecified atom stereocenters. The van der Waals surface area contributed by atoms with Gasteiger partial charge in [-0.1, -0.05) is 0 Å². The van der Waals surface area contributed by atoms with E-state index in [9.17, 15) is 0 Å². The maximum absolute atomic E-state index is 4.92. The van der Waals surface area contributed by atoms with Gasteiger partial charge in [0.2, 0.25) is 0 Å². The molecule has 0 atom stereocenters. The molecule has 0 amide bonds. The molecule has 1 radical (unpaired) electrons. The largest absolute Gasteiger partial charge is 0.500 e. The lowest BCUT2D eigenvalue weighted by atomic mass is 10.6. The summed E-state index contributed by atoms with van der Waals surface area (Å²) in [6.07, 6.45) is 3.52. The minimum Gasteiger partial charge on any atom is -0.500 e. The van der Waals surface area contributed by atoms with E-state index >= 15 is 0 Å². The molecular weight excluding hydrogens is 90.1 g/mol. The molecule has 2 nitrogen and oxygen atoms in total. The Morgan fingerprint density at radius 2 is 2.57 bits per heavy atom. The van der Waals surface area contributed by atoms with Crippen molar-refractivity contribution >= 4 is 0 Å². The number of rotatable bonds is 0. The van der Waals surface area contributed by atoms with E-state index < -0.39 is 0 Å². The van der Waals surface area contributed by atoms with Crippen molar-refractivity contribution in [1.82, 2.24) is 5.32 Å². The maximum Gasteiger partial charge on any atom is 0.0997 e. The monoisotopic (exact) mass is 98.1 g/mol. The van der Waals surface area contributed by atoms with E-state index in [-0.39, 0.29) is 0 Å². The van der Waals surface area contributed by atoms with Crippen LogP contribution in [0, 0.1) is 6.54 Å². The predicted molar refractivity (Wildman–Crippen MR) is 27.4 cm³/mol. The van der Waals surface area contributed by atoms with Crippen LogP contribution in [-0.2, 0) is 4.74 Å². The first kappa shape index (κ1) is 4.65. The smallest absolute Gasteiger partial charge is 0.0997 e. The Morgan fingerprint density at radius 3 is 3.57 bits per heavy atom. The molecule has 39 valence electrons. The predicted octanol–water partition coefficient (Wildman–Crippen LogP) is 0.282. The standard InChI is InChI=1S/C5H8NO/c1-2-6-3-5-7-4-1/h1-2,4,6H,3,5H2. The Balaban J connectivity index is 2.20. The normalized spacial score (nSPS) is 20.6. The van der Waals surface area contributed by atoms with Gasteiger partial charge in [0.05, 0.1) is 12.9 Å². The molecule has 1 heterocycles. The Hall–Kier alpha value is -0.500. The average Bonchev–Trinajstić information content (AvgIpc) is 1.90. The van der Waals surface area contributed by atoms with Crippen LogP contribution < -0.4 is 5.32 Å². The summed E-state index contributed by atoms with van der Waals surface area (Å²) in [7, 11) is 0. The molecule has 0 aromatic heterocycles. The number of hydrogen-bond donors (Lipinski definition) is 1. The quantitative estimate of drug-likeness (QED) is 0.470. The first-order chi connectivity index (χ1) is 3.50. The molecule has 7 heavy (non-hydrogen) atoms. The fourth-order valence-electron chi connectivity index (χ4n) is 0.432. The Bertz CT molecular complexity index is 62.5. The van der Waals surface area contributed by atoms with Crippen molar-refractivity contribution in [1.29, 1.82) is 0 Å². The van der Waals surface area contributed by atoms with Crippen molar-refractivity contribution in [2.24, 2.45) is 0 Å². The first-order valence-corrected chi connectivity index (χ1v) is 2.33. The molecule has 0 spiro atoms. The molecule has 1 aliphatic heterocycles. The molecule has 0 bridgehead atoms. The molecule has 0 saturated carbocycles. The molecule has 0 saturated heterocycles. The van der Waals surface area contributed by atoms with Gasteiger partial charge in [0.25, 0.3) is 0 Å². The van der Waals surface area contributed by atoms with Crippen LogP contribution in [0.5, 0.6) is 0 Å². The van der Waals surface area contributed by atoms with Gasteiger partial charge in [0.15, 0.2) is 0 Å². The van der Waals surface area contributed by atoms with Crippen molar-refractivity contribution in [2.45, 2.75) is 0 Å². The second-order valence-corrected chi connectivity index (χ2v) is 1.32. The van der Waals surface area contributed by atoms with Gasteiger partial charge < -0.3 is 10.1 Å². The van der Waals surface area contributed by atoms with Crippen LogP contribution in [0.2, 0.25) is 0 Å². The van der Waals surface area contributed by atoms with Crippen molar-refractivity contribution < 1.29 is 4.74 Å². The second-order valence-electron chi connectivity index (χ2n) is 1.32. The van der Waals surface area contributed by atoms with Crippen molar-refractivity contribution in [3.05, 3.63) is 18.9 Å². The van der Waals surface area contributed by atoms with E-state index in [4.69, 9.17) is 4.74 Å². The topological polar surface area (TPSA) is 21.3 Å². The van der Waals surface area contributed by atoms with E-state index in [1.165, 1.54) is 0 Å². The zero-order valence-corrected chi connectivity index (χ0v) is 4.05. The fourth-order valence-corrected chi connectivity index (χ4v) is 0.432. The summed E-state index contributed by atoms with van der Waals surface area (Å²) in [5.41, 5.74) is 0. The molecule has 2 heteroatoms. The summed E-state index contributed by atoms with van der Waals surface area (Å²) >= 11 is 0. The van der Waals surface area contributed by atoms with E-state index in [0.29, 0.717) is 0 Å². The maximum atomic E-state index is 4.92. The lowest BCUT2D eigenvalue weighted by molar-refractivity contribution is 0.258. The molecule has 0 aromatic rings. The molecule has 1 rings (SSSR count). The molecule has 0 fully saturated rings. The van der Waals surface area contributed by atoms with Crippen LogP contribution in [0.1, 0.15) is 0 Å². The van der Waals surface area contributed by atoms with Crippen LogP contribution >= 0.6 is 0 Å².